The Labute approximate surface area is 131 Å². The van der Waals surface area contributed by atoms with Gasteiger partial charge in [0.05, 0.1) is 0 Å². The highest BCUT2D eigenvalue weighted by Crippen LogP contribution is 2.35. The summed E-state index contributed by atoms with van der Waals surface area (Å²) in [6, 6.07) is 11.3. The van der Waals surface area contributed by atoms with E-state index in [1.807, 2.05) is 37.3 Å². The van der Waals surface area contributed by atoms with E-state index in [0.717, 1.165) is 21.3 Å². The zero-order chi connectivity index (χ0) is 14.8. The number of rotatable bonds is 3. The number of hydrogen-bond acceptors (Lipinski definition) is 3. The van der Waals surface area contributed by atoms with Crippen molar-refractivity contribution in [3.63, 3.8) is 0 Å². The van der Waals surface area contributed by atoms with Crippen molar-refractivity contribution in [3.05, 3.63) is 57.6 Å². The van der Waals surface area contributed by atoms with E-state index in [1.54, 1.807) is 6.07 Å². The maximum absolute atomic E-state index is 12.2. The SMILES string of the molecule is Cc1cc(Br)cc(C(=O)NCc2cccc3c2OCO3)c1. The molecule has 0 bridgehead atoms. The van der Waals surface area contributed by atoms with Crippen LogP contribution >= 0.6 is 15.9 Å². The van der Waals surface area contributed by atoms with Crippen LogP contribution in [0.5, 0.6) is 11.5 Å². The van der Waals surface area contributed by atoms with Crippen molar-refractivity contribution >= 4 is 21.8 Å². The number of para-hydroxylation sites is 1. The molecule has 3 rings (SSSR count). The molecule has 0 atom stereocenters. The van der Waals surface area contributed by atoms with Gasteiger partial charge in [-0.15, -0.1) is 0 Å². The first-order valence-electron chi connectivity index (χ1n) is 6.56. The van der Waals surface area contributed by atoms with Gasteiger partial charge in [-0.1, -0.05) is 28.1 Å². The Morgan fingerprint density at radius 1 is 1.29 bits per heavy atom. The highest BCUT2D eigenvalue weighted by Gasteiger charge is 2.17. The van der Waals surface area contributed by atoms with Crippen LogP contribution in [0.25, 0.3) is 0 Å². The van der Waals surface area contributed by atoms with Crippen LogP contribution in [0.2, 0.25) is 0 Å². The van der Waals surface area contributed by atoms with Gasteiger partial charge in [0.2, 0.25) is 6.79 Å². The average Bonchev–Trinajstić information content (AvgIpc) is 2.92. The topological polar surface area (TPSA) is 47.6 Å². The molecule has 0 fully saturated rings. The molecule has 1 aliphatic heterocycles. The van der Waals surface area contributed by atoms with Gasteiger partial charge in [-0.2, -0.15) is 0 Å². The smallest absolute Gasteiger partial charge is 0.251 e. The summed E-state index contributed by atoms with van der Waals surface area (Å²) < 4.78 is 11.6. The lowest BCUT2D eigenvalue weighted by atomic mass is 10.1. The third-order valence-corrected chi connectivity index (χ3v) is 3.68. The summed E-state index contributed by atoms with van der Waals surface area (Å²) in [7, 11) is 0. The van der Waals surface area contributed by atoms with Gasteiger partial charge >= 0.3 is 0 Å². The van der Waals surface area contributed by atoms with Gasteiger partial charge in [0.25, 0.3) is 5.91 Å². The zero-order valence-corrected chi connectivity index (χ0v) is 13.1. The van der Waals surface area contributed by atoms with E-state index in [2.05, 4.69) is 21.2 Å². The van der Waals surface area contributed by atoms with E-state index < -0.39 is 0 Å². The Balaban J connectivity index is 1.73. The minimum absolute atomic E-state index is 0.115. The normalized spacial score (nSPS) is 12.3. The molecule has 0 spiro atoms. The van der Waals surface area contributed by atoms with Crippen molar-refractivity contribution < 1.29 is 14.3 Å². The second-order valence-corrected chi connectivity index (χ2v) is 5.77. The van der Waals surface area contributed by atoms with Crippen LogP contribution in [0.3, 0.4) is 0 Å². The molecule has 1 N–H and O–H groups in total. The number of hydrogen-bond donors (Lipinski definition) is 1. The maximum atomic E-state index is 12.2. The van der Waals surface area contributed by atoms with Gasteiger partial charge < -0.3 is 14.8 Å². The molecule has 0 saturated heterocycles. The molecule has 1 aliphatic rings. The second-order valence-electron chi connectivity index (χ2n) is 4.85. The van der Waals surface area contributed by atoms with Crippen LogP contribution in [0, 0.1) is 6.92 Å². The minimum atomic E-state index is -0.115. The van der Waals surface area contributed by atoms with Gasteiger partial charge in [-0.25, -0.2) is 0 Å². The van der Waals surface area contributed by atoms with Crippen molar-refractivity contribution in [2.45, 2.75) is 13.5 Å². The van der Waals surface area contributed by atoms with Crippen LogP contribution in [0.4, 0.5) is 0 Å². The summed E-state index contributed by atoms with van der Waals surface area (Å²) in [6.45, 7) is 2.58. The van der Waals surface area contributed by atoms with E-state index in [9.17, 15) is 4.79 Å². The molecule has 4 nitrogen and oxygen atoms in total. The molecule has 0 aliphatic carbocycles. The number of fused-ring (bicyclic) bond motifs is 1. The predicted octanol–water partition coefficient (Wildman–Crippen LogP) is 3.42. The molecule has 0 aromatic heterocycles. The Morgan fingerprint density at radius 2 is 2.14 bits per heavy atom. The molecule has 1 amide bonds. The van der Waals surface area contributed by atoms with Crippen molar-refractivity contribution in [2.24, 2.45) is 0 Å². The largest absolute Gasteiger partial charge is 0.454 e. The number of carbonyl (C=O) groups excluding carboxylic acids is 1. The molecule has 0 radical (unpaired) electrons. The summed E-state index contributed by atoms with van der Waals surface area (Å²) >= 11 is 3.40. The number of aryl methyl sites for hydroxylation is 1. The number of halogens is 1. The van der Waals surface area contributed by atoms with E-state index >= 15 is 0 Å². The molecular formula is C16H14BrNO3. The first-order chi connectivity index (χ1) is 10.1. The average molecular weight is 348 g/mol. The fourth-order valence-electron chi connectivity index (χ4n) is 2.27. The maximum Gasteiger partial charge on any atom is 0.251 e. The number of amides is 1. The molecule has 108 valence electrons. The molecule has 2 aromatic carbocycles. The number of nitrogens with one attached hydrogen (secondary N) is 1. The van der Waals surface area contributed by atoms with Crippen molar-refractivity contribution in [3.8, 4) is 11.5 Å². The van der Waals surface area contributed by atoms with Gasteiger partial charge in [-0.05, 0) is 36.8 Å². The summed E-state index contributed by atoms with van der Waals surface area (Å²) in [5.41, 5.74) is 2.57. The third-order valence-electron chi connectivity index (χ3n) is 3.22. The summed E-state index contributed by atoms with van der Waals surface area (Å²) in [6.07, 6.45) is 0. The van der Waals surface area contributed by atoms with Gasteiger partial charge in [0, 0.05) is 22.1 Å². The molecule has 1 heterocycles. The highest BCUT2D eigenvalue weighted by molar-refractivity contribution is 9.10. The van der Waals surface area contributed by atoms with E-state index in [1.165, 1.54) is 0 Å². The Kier molecular flexibility index (Phi) is 3.84. The molecule has 21 heavy (non-hydrogen) atoms. The Bertz CT molecular complexity index is 680. The first-order valence-corrected chi connectivity index (χ1v) is 7.35. The Morgan fingerprint density at radius 3 is 2.95 bits per heavy atom. The molecule has 0 unspecified atom stereocenters. The van der Waals surface area contributed by atoms with Crippen LogP contribution in [-0.2, 0) is 6.54 Å². The molecular weight excluding hydrogens is 334 g/mol. The monoisotopic (exact) mass is 347 g/mol. The number of benzene rings is 2. The second kappa shape index (κ2) is 5.77. The van der Waals surface area contributed by atoms with Gasteiger partial charge in [0.1, 0.15) is 0 Å². The zero-order valence-electron chi connectivity index (χ0n) is 11.5. The van der Waals surface area contributed by atoms with Crippen LogP contribution < -0.4 is 14.8 Å². The summed E-state index contributed by atoms with van der Waals surface area (Å²) in [5.74, 6) is 1.32. The molecule has 2 aromatic rings. The molecule has 5 heteroatoms. The van der Waals surface area contributed by atoms with Crippen molar-refractivity contribution in [1.82, 2.24) is 5.32 Å². The van der Waals surface area contributed by atoms with Crippen LogP contribution in [0.1, 0.15) is 21.5 Å². The van der Waals surface area contributed by atoms with E-state index in [4.69, 9.17) is 9.47 Å². The quantitative estimate of drug-likeness (QED) is 0.925. The third kappa shape index (κ3) is 3.03. The van der Waals surface area contributed by atoms with E-state index in [0.29, 0.717) is 17.9 Å². The lowest BCUT2D eigenvalue weighted by Gasteiger charge is -2.09. The highest BCUT2D eigenvalue weighted by atomic mass is 79.9. The van der Waals surface area contributed by atoms with E-state index in [-0.39, 0.29) is 12.7 Å². The number of ether oxygens (including phenoxy) is 2. The van der Waals surface area contributed by atoms with Crippen molar-refractivity contribution in [1.29, 1.82) is 0 Å². The molecule has 0 saturated carbocycles. The standard InChI is InChI=1S/C16H14BrNO3/c1-10-5-12(7-13(17)6-10)16(19)18-8-11-3-2-4-14-15(11)21-9-20-14/h2-7H,8-9H2,1H3,(H,18,19). The van der Waals surface area contributed by atoms with Crippen LogP contribution in [-0.4, -0.2) is 12.7 Å². The fraction of sp³-hybridized carbons (Fsp3) is 0.188. The van der Waals surface area contributed by atoms with Gasteiger partial charge in [0.15, 0.2) is 11.5 Å². The summed E-state index contributed by atoms with van der Waals surface area (Å²) in [4.78, 5) is 12.2. The predicted molar refractivity (Wildman–Crippen MR) is 82.6 cm³/mol. The minimum Gasteiger partial charge on any atom is -0.454 e. The van der Waals surface area contributed by atoms with Crippen LogP contribution in [0.15, 0.2) is 40.9 Å². The van der Waals surface area contributed by atoms with Crippen molar-refractivity contribution in [2.75, 3.05) is 6.79 Å². The fourth-order valence-corrected chi connectivity index (χ4v) is 2.88. The Hall–Kier alpha value is -2.01. The number of carbonyl (C=O) groups is 1. The lowest BCUT2D eigenvalue weighted by molar-refractivity contribution is 0.0950. The lowest BCUT2D eigenvalue weighted by Crippen LogP contribution is -2.23. The van der Waals surface area contributed by atoms with Gasteiger partial charge in [-0.3, -0.25) is 4.79 Å². The summed E-state index contributed by atoms with van der Waals surface area (Å²) in [5, 5.41) is 2.90. The first kappa shape index (κ1) is 13.9.